The summed E-state index contributed by atoms with van der Waals surface area (Å²) in [6.45, 7) is 1.49. The highest BCUT2D eigenvalue weighted by molar-refractivity contribution is 5.26. The number of ether oxygens (including phenoxy) is 2. The first kappa shape index (κ1) is 16.9. The molecule has 0 aliphatic heterocycles. The van der Waals surface area contributed by atoms with E-state index in [2.05, 4.69) is 0 Å². The van der Waals surface area contributed by atoms with Crippen molar-refractivity contribution in [2.75, 3.05) is 26.9 Å². The molecule has 0 radical (unpaired) electrons. The van der Waals surface area contributed by atoms with Gasteiger partial charge in [0, 0.05) is 19.8 Å². The highest BCUT2D eigenvalue weighted by Crippen LogP contribution is 2.29. The van der Waals surface area contributed by atoms with E-state index in [1.807, 2.05) is 0 Å². The number of hydrogen-bond acceptors (Lipinski definition) is 3. The van der Waals surface area contributed by atoms with Gasteiger partial charge in [0.15, 0.2) is 0 Å². The summed E-state index contributed by atoms with van der Waals surface area (Å²) >= 11 is 0. The third-order valence-electron chi connectivity index (χ3n) is 2.82. The standard InChI is InChI=1S/C14H20F3NO2/c1-19-7-8-20-6-5-13(18)10-11-3-2-4-12(9-11)14(15,16)17/h2-4,9,13H,5-8,10,18H2,1H3. The lowest BCUT2D eigenvalue weighted by atomic mass is 10.0. The van der Waals surface area contributed by atoms with E-state index in [4.69, 9.17) is 15.2 Å². The van der Waals surface area contributed by atoms with E-state index in [1.165, 1.54) is 6.07 Å². The fourth-order valence-corrected chi connectivity index (χ4v) is 1.76. The molecule has 1 aromatic carbocycles. The van der Waals surface area contributed by atoms with Crippen molar-refractivity contribution in [3.63, 3.8) is 0 Å². The van der Waals surface area contributed by atoms with Crippen molar-refractivity contribution in [1.82, 2.24) is 0 Å². The summed E-state index contributed by atoms with van der Waals surface area (Å²) < 4.78 is 47.8. The van der Waals surface area contributed by atoms with Crippen molar-refractivity contribution in [2.24, 2.45) is 5.73 Å². The Hall–Kier alpha value is -1.11. The molecule has 0 fully saturated rings. The van der Waals surface area contributed by atoms with Crippen LogP contribution in [0.25, 0.3) is 0 Å². The minimum atomic E-state index is -4.32. The van der Waals surface area contributed by atoms with Gasteiger partial charge in [0.2, 0.25) is 0 Å². The van der Waals surface area contributed by atoms with Crippen LogP contribution in [-0.2, 0) is 22.1 Å². The van der Waals surface area contributed by atoms with Crippen LogP contribution in [-0.4, -0.2) is 33.0 Å². The molecule has 3 nitrogen and oxygen atoms in total. The lowest BCUT2D eigenvalue weighted by molar-refractivity contribution is -0.137. The summed E-state index contributed by atoms with van der Waals surface area (Å²) in [7, 11) is 1.59. The van der Waals surface area contributed by atoms with Crippen LogP contribution in [0.5, 0.6) is 0 Å². The molecule has 0 bridgehead atoms. The van der Waals surface area contributed by atoms with E-state index < -0.39 is 11.7 Å². The molecular weight excluding hydrogens is 271 g/mol. The number of alkyl halides is 3. The number of benzene rings is 1. The Morgan fingerprint density at radius 2 is 1.95 bits per heavy atom. The molecular formula is C14H20F3NO2. The second-order valence-electron chi connectivity index (χ2n) is 4.56. The molecule has 0 saturated carbocycles. The zero-order valence-electron chi connectivity index (χ0n) is 11.5. The molecule has 0 spiro atoms. The third kappa shape index (κ3) is 6.36. The molecule has 1 unspecified atom stereocenters. The SMILES string of the molecule is COCCOCCC(N)Cc1cccc(C(F)(F)F)c1. The Morgan fingerprint density at radius 3 is 2.60 bits per heavy atom. The average Bonchev–Trinajstić information content (AvgIpc) is 2.38. The predicted molar refractivity (Wildman–Crippen MR) is 70.4 cm³/mol. The molecule has 2 N–H and O–H groups in total. The van der Waals surface area contributed by atoms with Gasteiger partial charge < -0.3 is 15.2 Å². The number of rotatable bonds is 8. The van der Waals surface area contributed by atoms with Gasteiger partial charge in [-0.05, 0) is 24.5 Å². The molecule has 0 heterocycles. The third-order valence-corrected chi connectivity index (χ3v) is 2.82. The summed E-state index contributed by atoms with van der Waals surface area (Å²) in [4.78, 5) is 0. The molecule has 0 aliphatic rings. The van der Waals surface area contributed by atoms with E-state index in [0.717, 1.165) is 12.1 Å². The van der Waals surface area contributed by atoms with Gasteiger partial charge >= 0.3 is 6.18 Å². The van der Waals surface area contributed by atoms with Crippen LogP contribution in [0.4, 0.5) is 13.2 Å². The van der Waals surface area contributed by atoms with Gasteiger partial charge in [-0.2, -0.15) is 13.2 Å². The summed E-state index contributed by atoms with van der Waals surface area (Å²) in [5.41, 5.74) is 5.83. The Balaban J connectivity index is 2.40. The van der Waals surface area contributed by atoms with Gasteiger partial charge in [0.1, 0.15) is 0 Å². The second-order valence-corrected chi connectivity index (χ2v) is 4.56. The molecule has 0 saturated heterocycles. The van der Waals surface area contributed by atoms with Crippen LogP contribution in [0.2, 0.25) is 0 Å². The minimum absolute atomic E-state index is 0.221. The molecule has 6 heteroatoms. The number of hydrogen-bond donors (Lipinski definition) is 1. The monoisotopic (exact) mass is 291 g/mol. The Bertz CT molecular complexity index is 396. The largest absolute Gasteiger partial charge is 0.416 e. The Morgan fingerprint density at radius 1 is 1.20 bits per heavy atom. The van der Waals surface area contributed by atoms with Gasteiger partial charge in [-0.3, -0.25) is 0 Å². The summed E-state index contributed by atoms with van der Waals surface area (Å²) in [5, 5.41) is 0. The second kappa shape index (κ2) is 8.24. The van der Waals surface area contributed by atoms with E-state index in [0.29, 0.717) is 38.2 Å². The van der Waals surface area contributed by atoms with E-state index in [9.17, 15) is 13.2 Å². The molecule has 0 aromatic heterocycles. The fraction of sp³-hybridized carbons (Fsp3) is 0.571. The quantitative estimate of drug-likeness (QED) is 0.749. The van der Waals surface area contributed by atoms with Crippen LogP contribution < -0.4 is 5.73 Å². The van der Waals surface area contributed by atoms with E-state index in [-0.39, 0.29) is 6.04 Å². The van der Waals surface area contributed by atoms with Crippen LogP contribution in [0.3, 0.4) is 0 Å². The Labute approximate surface area is 116 Å². The molecule has 1 atom stereocenters. The highest BCUT2D eigenvalue weighted by Gasteiger charge is 2.30. The van der Waals surface area contributed by atoms with Gasteiger partial charge in [0.05, 0.1) is 18.8 Å². The van der Waals surface area contributed by atoms with Gasteiger partial charge in [-0.25, -0.2) is 0 Å². The summed E-state index contributed by atoms with van der Waals surface area (Å²) in [6.07, 6.45) is -3.32. The zero-order valence-corrected chi connectivity index (χ0v) is 11.5. The predicted octanol–water partition coefficient (Wildman–Crippen LogP) is 2.63. The van der Waals surface area contributed by atoms with Crippen molar-refractivity contribution >= 4 is 0 Å². The molecule has 1 rings (SSSR count). The maximum Gasteiger partial charge on any atom is 0.416 e. The van der Waals surface area contributed by atoms with Gasteiger partial charge in [-0.1, -0.05) is 18.2 Å². The molecule has 1 aromatic rings. The van der Waals surface area contributed by atoms with Gasteiger partial charge in [0.25, 0.3) is 0 Å². The first-order chi connectivity index (χ1) is 9.43. The van der Waals surface area contributed by atoms with Crippen LogP contribution >= 0.6 is 0 Å². The van der Waals surface area contributed by atoms with Crippen molar-refractivity contribution < 1.29 is 22.6 Å². The Kier molecular flexibility index (Phi) is 6.98. The van der Waals surface area contributed by atoms with E-state index >= 15 is 0 Å². The number of halogens is 3. The highest BCUT2D eigenvalue weighted by atomic mass is 19.4. The lowest BCUT2D eigenvalue weighted by Crippen LogP contribution is -2.25. The zero-order chi connectivity index (χ0) is 15.0. The van der Waals surface area contributed by atoms with Crippen LogP contribution in [0.1, 0.15) is 17.5 Å². The first-order valence-corrected chi connectivity index (χ1v) is 6.42. The van der Waals surface area contributed by atoms with E-state index in [1.54, 1.807) is 13.2 Å². The van der Waals surface area contributed by atoms with Crippen molar-refractivity contribution in [1.29, 1.82) is 0 Å². The van der Waals surface area contributed by atoms with Crippen molar-refractivity contribution in [2.45, 2.75) is 25.1 Å². The van der Waals surface area contributed by atoms with Crippen molar-refractivity contribution in [3.8, 4) is 0 Å². The lowest BCUT2D eigenvalue weighted by Gasteiger charge is -2.13. The van der Waals surface area contributed by atoms with Crippen molar-refractivity contribution in [3.05, 3.63) is 35.4 Å². The molecule has 20 heavy (non-hydrogen) atoms. The summed E-state index contributed by atoms with van der Waals surface area (Å²) in [5.74, 6) is 0. The maximum absolute atomic E-state index is 12.6. The maximum atomic E-state index is 12.6. The summed E-state index contributed by atoms with van der Waals surface area (Å²) in [6, 6.07) is 5.04. The van der Waals surface area contributed by atoms with Crippen LogP contribution in [0, 0.1) is 0 Å². The minimum Gasteiger partial charge on any atom is -0.382 e. The normalized spacial score (nSPS) is 13.4. The van der Waals surface area contributed by atoms with Crippen LogP contribution in [0.15, 0.2) is 24.3 Å². The topological polar surface area (TPSA) is 44.5 Å². The van der Waals surface area contributed by atoms with Gasteiger partial charge in [-0.15, -0.1) is 0 Å². The number of nitrogens with two attached hydrogens (primary N) is 1. The molecule has 0 aliphatic carbocycles. The molecule has 114 valence electrons. The fourth-order valence-electron chi connectivity index (χ4n) is 1.76. The number of methoxy groups -OCH3 is 1. The first-order valence-electron chi connectivity index (χ1n) is 6.42. The average molecular weight is 291 g/mol. The molecule has 0 amide bonds. The smallest absolute Gasteiger partial charge is 0.382 e.